The molecular weight excluding hydrogens is 399 g/mol. The van der Waals surface area contributed by atoms with E-state index in [1.54, 1.807) is 30.1 Å². The summed E-state index contributed by atoms with van der Waals surface area (Å²) in [6.45, 7) is 3.69. The number of nitriles is 1. The van der Waals surface area contributed by atoms with Crippen LogP contribution in [0.3, 0.4) is 0 Å². The summed E-state index contributed by atoms with van der Waals surface area (Å²) in [7, 11) is 0. The maximum atomic E-state index is 13.0. The number of benzene rings is 1. The molecule has 156 valence electrons. The van der Waals surface area contributed by atoms with Crippen molar-refractivity contribution in [3.8, 4) is 6.07 Å². The van der Waals surface area contributed by atoms with Crippen LogP contribution in [0.15, 0.2) is 42.6 Å². The van der Waals surface area contributed by atoms with E-state index in [1.807, 2.05) is 17.0 Å². The minimum atomic E-state index is -0.224. The number of likely N-dealkylation sites (tertiary alicyclic amines) is 1. The van der Waals surface area contributed by atoms with E-state index in [0.717, 1.165) is 42.4 Å². The predicted molar refractivity (Wildman–Crippen MR) is 117 cm³/mol. The van der Waals surface area contributed by atoms with Gasteiger partial charge in [0.15, 0.2) is 0 Å². The largest absolute Gasteiger partial charge is 0.347 e. The summed E-state index contributed by atoms with van der Waals surface area (Å²) in [5.74, 6) is 2.93. The van der Waals surface area contributed by atoms with Crippen LogP contribution in [-0.4, -0.2) is 46.7 Å². The number of pyridine rings is 1. The summed E-state index contributed by atoms with van der Waals surface area (Å²) in [6, 6.07) is 12.9. The van der Waals surface area contributed by atoms with Gasteiger partial charge in [-0.15, -0.1) is 0 Å². The van der Waals surface area contributed by atoms with Crippen molar-refractivity contribution in [2.24, 2.45) is 5.92 Å². The predicted octanol–water partition coefficient (Wildman–Crippen LogP) is 3.84. The molecule has 1 amide bonds. The third-order valence-electron chi connectivity index (χ3n) is 6.03. The Morgan fingerprint density at radius 1 is 1.27 bits per heavy atom. The van der Waals surface area contributed by atoms with Gasteiger partial charge in [0.05, 0.1) is 11.6 Å². The second kappa shape index (κ2) is 9.05. The number of aromatic nitrogens is 1. The molecule has 0 N–H and O–H groups in total. The molecule has 5 nitrogen and oxygen atoms in total. The number of carbonyl (C=O) groups excluding carboxylic acids is 1. The molecule has 2 aliphatic rings. The van der Waals surface area contributed by atoms with Gasteiger partial charge < -0.3 is 9.80 Å². The normalized spacial score (nSPS) is 22.8. The zero-order valence-corrected chi connectivity index (χ0v) is 17.8. The molecule has 4 rings (SSSR count). The molecule has 1 aromatic carbocycles. The van der Waals surface area contributed by atoms with Gasteiger partial charge in [0.1, 0.15) is 17.7 Å². The number of piperazine rings is 1. The summed E-state index contributed by atoms with van der Waals surface area (Å²) < 4.78 is 13.0. The third kappa shape index (κ3) is 4.44. The Bertz CT molecular complexity index is 928. The van der Waals surface area contributed by atoms with Crippen LogP contribution in [-0.2, 0) is 10.5 Å². The molecule has 2 aliphatic heterocycles. The minimum Gasteiger partial charge on any atom is -0.347 e. The van der Waals surface area contributed by atoms with Crippen molar-refractivity contribution in [1.82, 2.24) is 9.88 Å². The zero-order valence-electron chi connectivity index (χ0n) is 17.0. The van der Waals surface area contributed by atoms with Gasteiger partial charge in [-0.2, -0.15) is 17.0 Å². The van der Waals surface area contributed by atoms with E-state index < -0.39 is 0 Å². The topological polar surface area (TPSA) is 60.2 Å². The first-order valence-electron chi connectivity index (χ1n) is 10.3. The number of anilines is 1. The smallest absolute Gasteiger partial charge is 0.223 e. The first-order valence-corrected chi connectivity index (χ1v) is 11.4. The number of rotatable bonds is 6. The average molecular weight is 425 g/mol. The van der Waals surface area contributed by atoms with Gasteiger partial charge in [-0.1, -0.05) is 19.1 Å². The van der Waals surface area contributed by atoms with E-state index in [1.165, 1.54) is 12.1 Å². The van der Waals surface area contributed by atoms with Crippen LogP contribution < -0.4 is 4.90 Å². The standard InChI is InChI=1S/C23H25FN4OS/c1-16-10-20-13-27(14-21(16)28(20)22-7-4-18(11-25)12-26-22)23(29)8-9-30-15-17-2-5-19(24)6-3-17/h2-7,12,16,20-21H,8-10,13-15H2,1H3/t16-,20?,21?/m0/s1. The molecule has 7 heteroatoms. The first-order chi connectivity index (χ1) is 14.5. The van der Waals surface area contributed by atoms with E-state index in [2.05, 4.69) is 22.9 Å². The van der Waals surface area contributed by atoms with Crippen LogP contribution in [0.25, 0.3) is 0 Å². The molecule has 3 atom stereocenters. The maximum absolute atomic E-state index is 13.0. The maximum Gasteiger partial charge on any atom is 0.223 e. The number of fused-ring (bicyclic) bond motifs is 2. The van der Waals surface area contributed by atoms with Crippen molar-refractivity contribution >= 4 is 23.5 Å². The molecule has 0 aliphatic carbocycles. The van der Waals surface area contributed by atoms with E-state index in [-0.39, 0.29) is 23.8 Å². The highest BCUT2D eigenvalue weighted by atomic mass is 32.2. The van der Waals surface area contributed by atoms with Crippen LogP contribution in [0.1, 0.15) is 30.9 Å². The fourth-order valence-corrected chi connectivity index (χ4v) is 5.38. The monoisotopic (exact) mass is 424 g/mol. The molecule has 0 spiro atoms. The molecule has 1 aromatic heterocycles. The number of hydrogen-bond acceptors (Lipinski definition) is 5. The molecule has 3 heterocycles. The van der Waals surface area contributed by atoms with Crippen LogP contribution in [0.5, 0.6) is 0 Å². The fourth-order valence-electron chi connectivity index (χ4n) is 4.48. The van der Waals surface area contributed by atoms with Crippen molar-refractivity contribution in [2.45, 2.75) is 37.6 Å². The van der Waals surface area contributed by atoms with Crippen LogP contribution >= 0.6 is 11.8 Å². The highest BCUT2D eigenvalue weighted by molar-refractivity contribution is 7.98. The highest BCUT2D eigenvalue weighted by Gasteiger charge is 2.45. The lowest BCUT2D eigenvalue weighted by Gasteiger charge is -2.42. The first kappa shape index (κ1) is 20.7. The quantitative estimate of drug-likeness (QED) is 0.660. The fraction of sp³-hybridized carbons (Fsp3) is 0.435. The van der Waals surface area contributed by atoms with Crippen molar-refractivity contribution in [3.63, 3.8) is 0 Å². The molecule has 2 saturated heterocycles. The lowest BCUT2D eigenvalue weighted by atomic mass is 10.0. The van der Waals surface area contributed by atoms with E-state index in [0.29, 0.717) is 17.9 Å². The molecule has 2 aromatic rings. The van der Waals surface area contributed by atoms with Crippen LogP contribution in [0.4, 0.5) is 10.2 Å². The Kier molecular flexibility index (Phi) is 6.24. The Morgan fingerprint density at radius 3 is 2.73 bits per heavy atom. The van der Waals surface area contributed by atoms with Gasteiger partial charge >= 0.3 is 0 Å². The highest BCUT2D eigenvalue weighted by Crippen LogP contribution is 2.37. The van der Waals surface area contributed by atoms with Crippen molar-refractivity contribution < 1.29 is 9.18 Å². The molecule has 2 fully saturated rings. The van der Waals surface area contributed by atoms with Gasteiger partial charge in [-0.05, 0) is 42.2 Å². The van der Waals surface area contributed by atoms with Gasteiger partial charge in [0, 0.05) is 43.3 Å². The summed E-state index contributed by atoms with van der Waals surface area (Å²) in [6.07, 6.45) is 3.19. The summed E-state index contributed by atoms with van der Waals surface area (Å²) in [5, 5.41) is 8.99. The van der Waals surface area contributed by atoms with Crippen LogP contribution in [0.2, 0.25) is 0 Å². The second-order valence-electron chi connectivity index (χ2n) is 8.09. The number of halogens is 1. The average Bonchev–Trinajstić information content (AvgIpc) is 2.96. The third-order valence-corrected chi connectivity index (χ3v) is 7.06. The Morgan fingerprint density at radius 2 is 2.07 bits per heavy atom. The van der Waals surface area contributed by atoms with Crippen molar-refractivity contribution in [2.75, 3.05) is 23.7 Å². The lowest BCUT2D eigenvalue weighted by Crippen LogP contribution is -2.56. The molecular formula is C23H25FN4OS. The molecule has 0 saturated carbocycles. The molecule has 2 unspecified atom stereocenters. The second-order valence-corrected chi connectivity index (χ2v) is 9.19. The molecule has 30 heavy (non-hydrogen) atoms. The summed E-state index contributed by atoms with van der Waals surface area (Å²) >= 11 is 1.71. The van der Waals surface area contributed by atoms with E-state index >= 15 is 0 Å². The van der Waals surface area contributed by atoms with E-state index in [4.69, 9.17) is 5.26 Å². The van der Waals surface area contributed by atoms with E-state index in [9.17, 15) is 9.18 Å². The zero-order chi connectivity index (χ0) is 21.1. The minimum absolute atomic E-state index is 0.207. The lowest BCUT2D eigenvalue weighted by molar-refractivity contribution is -0.131. The van der Waals surface area contributed by atoms with Crippen LogP contribution in [0, 0.1) is 23.1 Å². The number of carbonyl (C=O) groups is 1. The Balaban J connectivity index is 1.30. The SMILES string of the molecule is C[C@H]1CC2CN(C(=O)CCSCc3ccc(F)cc3)CC1N2c1ccc(C#N)cn1. The summed E-state index contributed by atoms with van der Waals surface area (Å²) in [5.41, 5.74) is 1.63. The van der Waals surface area contributed by atoms with Gasteiger partial charge in [0.2, 0.25) is 5.91 Å². The van der Waals surface area contributed by atoms with Gasteiger partial charge in [-0.3, -0.25) is 4.79 Å². The summed E-state index contributed by atoms with van der Waals surface area (Å²) in [4.78, 5) is 21.6. The van der Waals surface area contributed by atoms with Gasteiger partial charge in [-0.25, -0.2) is 9.37 Å². The number of nitrogens with zero attached hydrogens (tertiary/aromatic N) is 4. The van der Waals surface area contributed by atoms with Gasteiger partial charge in [0.25, 0.3) is 0 Å². The number of thioether (sulfide) groups is 1. The number of hydrogen-bond donors (Lipinski definition) is 0. The van der Waals surface area contributed by atoms with Crippen molar-refractivity contribution in [1.29, 1.82) is 5.26 Å². The van der Waals surface area contributed by atoms with Crippen molar-refractivity contribution in [3.05, 3.63) is 59.5 Å². The Hall–Kier alpha value is -2.59. The molecule has 0 radical (unpaired) electrons. The Labute approximate surface area is 180 Å². The molecule has 2 bridgehead atoms. The number of amides is 1.